The van der Waals surface area contributed by atoms with Crippen molar-refractivity contribution in [1.29, 1.82) is 0 Å². The van der Waals surface area contributed by atoms with E-state index in [0.717, 1.165) is 24.8 Å². The van der Waals surface area contributed by atoms with E-state index in [-0.39, 0.29) is 0 Å². The van der Waals surface area contributed by atoms with Gasteiger partial charge in [-0.25, -0.2) is 4.79 Å². The fourth-order valence-electron chi connectivity index (χ4n) is 1.34. The smallest absolute Gasteiger partial charge is 0.123 e. The summed E-state index contributed by atoms with van der Waals surface area (Å²) in [6.07, 6.45) is 7.50. The molecule has 0 aliphatic heterocycles. The van der Waals surface area contributed by atoms with Crippen LogP contribution in [0, 0.1) is 0 Å². The second-order valence-corrected chi connectivity index (χ2v) is 3.17. The first kappa shape index (κ1) is 8.29. The number of hydrogen-bond acceptors (Lipinski definition) is 1. The van der Waals surface area contributed by atoms with Crippen LogP contribution in [0.3, 0.4) is 0 Å². The Labute approximate surface area is 67.8 Å². The standard InChI is InChI=1S/C10H14O/c1-9-4-2-3-5-10(8-11)7-6-9/h6H,2-5,7H2,1H3. The first-order chi connectivity index (χ1) is 5.33. The molecular weight excluding hydrogens is 136 g/mol. The van der Waals surface area contributed by atoms with Gasteiger partial charge in [-0.15, -0.1) is 0 Å². The van der Waals surface area contributed by atoms with Crippen molar-refractivity contribution >= 4 is 5.94 Å². The Kier molecular flexibility index (Phi) is 3.13. The van der Waals surface area contributed by atoms with Crippen molar-refractivity contribution in [2.24, 2.45) is 0 Å². The summed E-state index contributed by atoms with van der Waals surface area (Å²) in [5.74, 6) is 2.01. The van der Waals surface area contributed by atoms with E-state index in [1.54, 1.807) is 0 Å². The van der Waals surface area contributed by atoms with Crippen LogP contribution in [0.1, 0.15) is 39.0 Å². The van der Waals surface area contributed by atoms with Crippen molar-refractivity contribution in [2.75, 3.05) is 0 Å². The first-order valence-corrected chi connectivity index (χ1v) is 4.21. The lowest BCUT2D eigenvalue weighted by Gasteiger charge is -2.07. The van der Waals surface area contributed by atoms with Gasteiger partial charge >= 0.3 is 0 Å². The maximum Gasteiger partial charge on any atom is 0.123 e. The molecule has 1 rings (SSSR count). The molecule has 1 aliphatic rings. The van der Waals surface area contributed by atoms with Crippen LogP contribution in [-0.2, 0) is 4.79 Å². The van der Waals surface area contributed by atoms with E-state index in [4.69, 9.17) is 0 Å². The Morgan fingerprint density at radius 3 is 2.82 bits per heavy atom. The van der Waals surface area contributed by atoms with Crippen molar-refractivity contribution in [3.8, 4) is 0 Å². The van der Waals surface area contributed by atoms with Gasteiger partial charge in [0.2, 0.25) is 0 Å². The van der Waals surface area contributed by atoms with Crippen LogP contribution in [0.4, 0.5) is 0 Å². The lowest BCUT2D eigenvalue weighted by molar-refractivity contribution is 0.564. The third-order valence-electron chi connectivity index (χ3n) is 2.14. The average Bonchev–Trinajstić information content (AvgIpc) is 1.98. The molecule has 0 unspecified atom stereocenters. The minimum Gasteiger partial charge on any atom is -0.234 e. The molecule has 1 heteroatoms. The lowest BCUT2D eigenvalue weighted by Crippen LogP contribution is -1.90. The minimum absolute atomic E-state index is 0.829. The van der Waals surface area contributed by atoms with E-state index in [9.17, 15) is 4.79 Å². The number of carbonyl (C=O) groups excluding carboxylic acids is 1. The lowest BCUT2D eigenvalue weighted by atomic mass is 9.98. The molecule has 0 aromatic carbocycles. The summed E-state index contributed by atoms with van der Waals surface area (Å²) in [6, 6.07) is 0. The van der Waals surface area contributed by atoms with Gasteiger partial charge in [-0.2, -0.15) is 0 Å². The zero-order valence-corrected chi connectivity index (χ0v) is 7.02. The highest BCUT2D eigenvalue weighted by atomic mass is 16.1. The molecular formula is C10H14O. The first-order valence-electron chi connectivity index (χ1n) is 4.21. The summed E-state index contributed by atoms with van der Waals surface area (Å²) in [7, 11) is 0. The maximum absolute atomic E-state index is 10.3. The van der Waals surface area contributed by atoms with Gasteiger partial charge in [0.15, 0.2) is 0 Å². The summed E-state index contributed by atoms with van der Waals surface area (Å²) in [5, 5.41) is 0. The SMILES string of the molecule is CC1=CCC(=C=O)CCCC1. The van der Waals surface area contributed by atoms with Crippen LogP contribution < -0.4 is 0 Å². The quantitative estimate of drug-likeness (QED) is 0.383. The van der Waals surface area contributed by atoms with Gasteiger partial charge < -0.3 is 0 Å². The summed E-state index contributed by atoms with van der Waals surface area (Å²) in [5.41, 5.74) is 2.35. The highest BCUT2D eigenvalue weighted by molar-refractivity contribution is 5.53. The summed E-state index contributed by atoms with van der Waals surface area (Å²) in [4.78, 5) is 10.3. The largest absolute Gasteiger partial charge is 0.234 e. The highest BCUT2D eigenvalue weighted by Gasteiger charge is 2.01. The molecule has 0 atom stereocenters. The molecule has 0 saturated carbocycles. The third-order valence-corrected chi connectivity index (χ3v) is 2.14. The van der Waals surface area contributed by atoms with Crippen LogP contribution >= 0.6 is 0 Å². The highest BCUT2D eigenvalue weighted by Crippen LogP contribution is 2.18. The molecule has 0 saturated heterocycles. The Morgan fingerprint density at radius 1 is 1.36 bits per heavy atom. The molecule has 0 N–H and O–H groups in total. The van der Waals surface area contributed by atoms with E-state index in [1.165, 1.54) is 18.4 Å². The van der Waals surface area contributed by atoms with Gasteiger partial charge in [0.1, 0.15) is 5.94 Å². The fourth-order valence-corrected chi connectivity index (χ4v) is 1.34. The molecule has 0 aromatic heterocycles. The van der Waals surface area contributed by atoms with Crippen molar-refractivity contribution in [3.63, 3.8) is 0 Å². The predicted octanol–water partition coefficient (Wildman–Crippen LogP) is 2.65. The molecule has 0 fully saturated rings. The molecule has 1 aliphatic carbocycles. The molecule has 0 spiro atoms. The number of allylic oxidation sites excluding steroid dienone is 3. The Bertz CT molecular complexity index is 207. The Hall–Kier alpha value is -0.810. The zero-order valence-electron chi connectivity index (χ0n) is 7.02. The van der Waals surface area contributed by atoms with Crippen LogP contribution in [-0.4, -0.2) is 5.94 Å². The van der Waals surface area contributed by atoms with Crippen LogP contribution in [0.5, 0.6) is 0 Å². The van der Waals surface area contributed by atoms with Crippen molar-refractivity contribution in [3.05, 3.63) is 17.2 Å². The van der Waals surface area contributed by atoms with Crippen molar-refractivity contribution in [1.82, 2.24) is 0 Å². The Balaban J connectivity index is 2.63. The predicted molar refractivity (Wildman–Crippen MR) is 46.0 cm³/mol. The maximum atomic E-state index is 10.3. The molecule has 0 radical (unpaired) electrons. The van der Waals surface area contributed by atoms with Gasteiger partial charge in [0.25, 0.3) is 0 Å². The zero-order chi connectivity index (χ0) is 8.10. The van der Waals surface area contributed by atoms with E-state index in [0.29, 0.717) is 0 Å². The van der Waals surface area contributed by atoms with Crippen molar-refractivity contribution in [2.45, 2.75) is 39.0 Å². The van der Waals surface area contributed by atoms with E-state index in [2.05, 4.69) is 13.0 Å². The molecule has 60 valence electrons. The molecule has 1 nitrogen and oxygen atoms in total. The third kappa shape index (κ3) is 2.73. The van der Waals surface area contributed by atoms with Gasteiger partial charge in [-0.1, -0.05) is 11.6 Å². The van der Waals surface area contributed by atoms with Gasteiger partial charge in [0, 0.05) is 5.57 Å². The normalized spacial score (nSPS) is 19.7. The molecule has 11 heavy (non-hydrogen) atoms. The van der Waals surface area contributed by atoms with Crippen LogP contribution in [0.15, 0.2) is 17.2 Å². The molecule has 0 amide bonds. The van der Waals surface area contributed by atoms with Gasteiger partial charge in [0.05, 0.1) is 0 Å². The van der Waals surface area contributed by atoms with E-state index >= 15 is 0 Å². The van der Waals surface area contributed by atoms with Crippen LogP contribution in [0.2, 0.25) is 0 Å². The van der Waals surface area contributed by atoms with E-state index in [1.807, 2.05) is 5.94 Å². The Morgan fingerprint density at radius 2 is 2.09 bits per heavy atom. The number of rotatable bonds is 0. The molecule has 0 bridgehead atoms. The number of hydrogen-bond donors (Lipinski definition) is 0. The summed E-state index contributed by atoms with van der Waals surface area (Å²) < 4.78 is 0. The summed E-state index contributed by atoms with van der Waals surface area (Å²) in [6.45, 7) is 2.13. The molecule has 0 aromatic rings. The second-order valence-electron chi connectivity index (χ2n) is 3.17. The monoisotopic (exact) mass is 150 g/mol. The van der Waals surface area contributed by atoms with E-state index < -0.39 is 0 Å². The molecule has 0 heterocycles. The fraction of sp³-hybridized carbons (Fsp3) is 0.600. The minimum atomic E-state index is 0.829. The van der Waals surface area contributed by atoms with Crippen LogP contribution in [0.25, 0.3) is 0 Å². The topological polar surface area (TPSA) is 17.1 Å². The summed E-state index contributed by atoms with van der Waals surface area (Å²) >= 11 is 0. The van der Waals surface area contributed by atoms with Gasteiger partial charge in [-0.05, 0) is 39.0 Å². The second kappa shape index (κ2) is 4.15. The van der Waals surface area contributed by atoms with Gasteiger partial charge in [-0.3, -0.25) is 0 Å². The van der Waals surface area contributed by atoms with Crippen molar-refractivity contribution < 1.29 is 4.79 Å². The average molecular weight is 150 g/mol.